The Balaban J connectivity index is 1.62. The third kappa shape index (κ3) is 4.54. The summed E-state index contributed by atoms with van der Waals surface area (Å²) in [4.78, 5) is 19.0. The Hall–Kier alpha value is -2.54. The van der Waals surface area contributed by atoms with Crippen molar-refractivity contribution >= 4 is 34.3 Å². The Morgan fingerprint density at radius 2 is 2.04 bits per heavy atom. The molecule has 0 bridgehead atoms. The minimum Gasteiger partial charge on any atom is -0.497 e. The first-order valence-corrected chi connectivity index (χ1v) is 9.49. The summed E-state index contributed by atoms with van der Waals surface area (Å²) in [6.45, 7) is 2.08. The topological polar surface area (TPSA) is 63.7 Å². The number of methoxy groups -OCH3 is 2. The molecule has 3 rings (SSSR count). The highest BCUT2D eigenvalue weighted by molar-refractivity contribution is 7.14. The zero-order chi connectivity index (χ0) is 18.4. The molecule has 1 N–H and O–H groups in total. The normalized spacial score (nSPS) is 14.5. The van der Waals surface area contributed by atoms with E-state index >= 15 is 0 Å². The number of amides is 1. The Kier molecular flexibility index (Phi) is 6.12. The molecule has 7 heteroatoms. The van der Waals surface area contributed by atoms with Crippen LogP contribution in [0.1, 0.15) is 24.8 Å². The van der Waals surface area contributed by atoms with Crippen LogP contribution in [0.15, 0.2) is 29.7 Å². The summed E-state index contributed by atoms with van der Waals surface area (Å²) in [5.74, 6) is 1.72. The van der Waals surface area contributed by atoms with Crippen LogP contribution in [0.4, 0.5) is 10.9 Å². The van der Waals surface area contributed by atoms with Gasteiger partial charge in [-0.2, -0.15) is 0 Å². The molecule has 1 aliphatic heterocycles. The monoisotopic (exact) mass is 373 g/mol. The SMILES string of the molecule is COc1ccc(/C=C/C(=O)Nc2csc(N3CCCCC3)n2)c(OC)c1. The molecule has 26 heavy (non-hydrogen) atoms. The van der Waals surface area contributed by atoms with Gasteiger partial charge in [0.05, 0.1) is 14.2 Å². The van der Waals surface area contributed by atoms with Crippen LogP contribution in [0.5, 0.6) is 11.5 Å². The van der Waals surface area contributed by atoms with Crippen molar-refractivity contribution < 1.29 is 14.3 Å². The van der Waals surface area contributed by atoms with Crippen LogP contribution in [-0.2, 0) is 4.79 Å². The number of aromatic nitrogens is 1. The molecular formula is C19H23N3O3S. The fourth-order valence-electron chi connectivity index (χ4n) is 2.84. The van der Waals surface area contributed by atoms with Crippen molar-refractivity contribution in [2.45, 2.75) is 19.3 Å². The fraction of sp³-hybridized carbons (Fsp3) is 0.368. The molecule has 0 spiro atoms. The van der Waals surface area contributed by atoms with E-state index in [0.29, 0.717) is 17.3 Å². The van der Waals surface area contributed by atoms with Gasteiger partial charge in [0.25, 0.3) is 0 Å². The minimum atomic E-state index is -0.224. The highest BCUT2D eigenvalue weighted by Crippen LogP contribution is 2.27. The lowest BCUT2D eigenvalue weighted by Crippen LogP contribution is -2.29. The lowest BCUT2D eigenvalue weighted by atomic mass is 10.1. The molecule has 1 aliphatic rings. The molecule has 138 valence electrons. The smallest absolute Gasteiger partial charge is 0.249 e. The van der Waals surface area contributed by atoms with E-state index in [1.165, 1.54) is 25.3 Å². The molecule has 0 atom stereocenters. The molecule has 0 radical (unpaired) electrons. The molecule has 2 aromatic rings. The second-order valence-corrected chi connectivity index (χ2v) is 6.83. The first kappa shape index (κ1) is 18.3. The van der Waals surface area contributed by atoms with Gasteiger partial charge in [-0.3, -0.25) is 4.79 Å². The molecule has 6 nitrogen and oxygen atoms in total. The van der Waals surface area contributed by atoms with E-state index in [2.05, 4.69) is 15.2 Å². The maximum atomic E-state index is 12.2. The first-order chi connectivity index (χ1) is 12.7. The van der Waals surface area contributed by atoms with E-state index < -0.39 is 0 Å². The molecule has 0 saturated carbocycles. The second kappa shape index (κ2) is 8.71. The number of hydrogen-bond acceptors (Lipinski definition) is 6. The maximum absolute atomic E-state index is 12.2. The van der Waals surface area contributed by atoms with Gasteiger partial charge < -0.3 is 19.7 Å². The number of nitrogens with one attached hydrogen (secondary N) is 1. The molecule has 1 aromatic carbocycles. The molecule has 0 aliphatic carbocycles. The number of thiazole rings is 1. The van der Waals surface area contributed by atoms with E-state index in [-0.39, 0.29) is 5.91 Å². The van der Waals surface area contributed by atoms with Gasteiger partial charge in [-0.1, -0.05) is 0 Å². The summed E-state index contributed by atoms with van der Waals surface area (Å²) in [7, 11) is 3.19. The number of piperidine rings is 1. The zero-order valence-electron chi connectivity index (χ0n) is 15.0. The standard InChI is InChI=1S/C19H23N3O3S/c1-24-15-8-6-14(16(12-15)25-2)7-9-18(23)20-17-13-26-19(21-17)22-10-4-3-5-11-22/h6-9,12-13H,3-5,10-11H2,1-2H3,(H,20,23)/b9-7+. The van der Waals surface area contributed by atoms with E-state index in [1.54, 1.807) is 37.7 Å². The molecule has 1 fully saturated rings. The van der Waals surface area contributed by atoms with Crippen molar-refractivity contribution in [2.75, 3.05) is 37.5 Å². The van der Waals surface area contributed by atoms with Crippen molar-refractivity contribution in [2.24, 2.45) is 0 Å². The van der Waals surface area contributed by atoms with Gasteiger partial charge in [0.15, 0.2) is 5.13 Å². The van der Waals surface area contributed by atoms with Gasteiger partial charge in [-0.15, -0.1) is 11.3 Å². The summed E-state index contributed by atoms with van der Waals surface area (Å²) >= 11 is 1.56. The Bertz CT molecular complexity index is 782. The number of rotatable bonds is 6. The minimum absolute atomic E-state index is 0.224. The van der Waals surface area contributed by atoms with Crippen molar-refractivity contribution in [3.8, 4) is 11.5 Å². The Labute approximate surface area is 157 Å². The number of benzene rings is 1. The summed E-state index contributed by atoms with van der Waals surface area (Å²) in [5, 5.41) is 5.66. The Morgan fingerprint density at radius 3 is 2.77 bits per heavy atom. The van der Waals surface area contributed by atoms with Crippen molar-refractivity contribution in [1.29, 1.82) is 0 Å². The molecule has 1 aromatic heterocycles. The summed E-state index contributed by atoms with van der Waals surface area (Å²) < 4.78 is 10.5. The van der Waals surface area contributed by atoms with Gasteiger partial charge in [0, 0.05) is 36.2 Å². The molecule has 1 amide bonds. The van der Waals surface area contributed by atoms with Crippen molar-refractivity contribution in [3.63, 3.8) is 0 Å². The highest BCUT2D eigenvalue weighted by Gasteiger charge is 2.14. The van der Waals surface area contributed by atoms with Crippen LogP contribution in [-0.4, -0.2) is 38.2 Å². The van der Waals surface area contributed by atoms with E-state index in [0.717, 1.165) is 23.8 Å². The third-order valence-corrected chi connectivity index (χ3v) is 5.13. The van der Waals surface area contributed by atoms with Gasteiger partial charge >= 0.3 is 0 Å². The van der Waals surface area contributed by atoms with E-state index in [1.807, 2.05) is 17.5 Å². The molecule has 2 heterocycles. The predicted molar refractivity (Wildman–Crippen MR) is 105 cm³/mol. The van der Waals surface area contributed by atoms with Gasteiger partial charge in [0.2, 0.25) is 5.91 Å². The number of carbonyl (C=O) groups is 1. The first-order valence-electron chi connectivity index (χ1n) is 8.61. The van der Waals surface area contributed by atoms with Crippen LogP contribution < -0.4 is 19.7 Å². The van der Waals surface area contributed by atoms with Crippen molar-refractivity contribution in [3.05, 3.63) is 35.2 Å². The lowest BCUT2D eigenvalue weighted by molar-refractivity contribution is -0.111. The van der Waals surface area contributed by atoms with Crippen LogP contribution in [0, 0.1) is 0 Å². The molecule has 1 saturated heterocycles. The number of carbonyl (C=O) groups excluding carboxylic acids is 1. The quantitative estimate of drug-likeness (QED) is 0.780. The van der Waals surface area contributed by atoms with E-state index in [4.69, 9.17) is 9.47 Å². The number of ether oxygens (including phenoxy) is 2. The van der Waals surface area contributed by atoms with Gasteiger partial charge in [-0.25, -0.2) is 4.98 Å². The highest BCUT2D eigenvalue weighted by atomic mass is 32.1. The average molecular weight is 373 g/mol. The Morgan fingerprint density at radius 1 is 1.23 bits per heavy atom. The summed E-state index contributed by atoms with van der Waals surface area (Å²) in [6, 6.07) is 5.45. The predicted octanol–water partition coefficient (Wildman–Crippen LogP) is 3.80. The maximum Gasteiger partial charge on any atom is 0.249 e. The third-order valence-electron chi connectivity index (χ3n) is 4.22. The van der Waals surface area contributed by atoms with Crippen LogP contribution in [0.25, 0.3) is 6.08 Å². The number of nitrogens with zero attached hydrogens (tertiary/aromatic N) is 2. The number of anilines is 2. The molecular weight excluding hydrogens is 350 g/mol. The second-order valence-electron chi connectivity index (χ2n) is 5.99. The zero-order valence-corrected chi connectivity index (χ0v) is 15.8. The number of hydrogen-bond donors (Lipinski definition) is 1. The van der Waals surface area contributed by atoms with Crippen LogP contribution in [0.3, 0.4) is 0 Å². The molecule has 0 unspecified atom stereocenters. The van der Waals surface area contributed by atoms with Gasteiger partial charge in [-0.05, 0) is 37.5 Å². The summed E-state index contributed by atoms with van der Waals surface area (Å²) in [6.07, 6.45) is 6.88. The van der Waals surface area contributed by atoms with Crippen LogP contribution >= 0.6 is 11.3 Å². The van der Waals surface area contributed by atoms with E-state index in [9.17, 15) is 4.79 Å². The summed E-state index contributed by atoms with van der Waals surface area (Å²) in [5.41, 5.74) is 0.802. The van der Waals surface area contributed by atoms with Crippen LogP contribution in [0.2, 0.25) is 0 Å². The largest absolute Gasteiger partial charge is 0.497 e. The fourth-order valence-corrected chi connectivity index (χ4v) is 3.65. The van der Waals surface area contributed by atoms with Crippen molar-refractivity contribution in [1.82, 2.24) is 4.98 Å². The lowest BCUT2D eigenvalue weighted by Gasteiger charge is -2.25. The van der Waals surface area contributed by atoms with Gasteiger partial charge in [0.1, 0.15) is 17.3 Å². The average Bonchev–Trinajstić information content (AvgIpc) is 3.15.